The molecule has 0 aromatic heterocycles. The Morgan fingerprint density at radius 2 is 1.77 bits per heavy atom. The molecule has 1 rings (SSSR count). The maximum atomic E-state index is 11.9. The molecule has 3 nitrogen and oxygen atoms in total. The van der Waals surface area contributed by atoms with Gasteiger partial charge in [0, 0.05) is 24.4 Å². The molecule has 0 bridgehead atoms. The van der Waals surface area contributed by atoms with Crippen LogP contribution >= 0.6 is 0 Å². The van der Waals surface area contributed by atoms with Crippen molar-refractivity contribution in [3.63, 3.8) is 0 Å². The number of hydrogen-bond acceptors (Lipinski definition) is 3. The summed E-state index contributed by atoms with van der Waals surface area (Å²) in [5.74, 6) is -0.286. The number of allylic oxidation sites excluding steroid dienone is 6. The summed E-state index contributed by atoms with van der Waals surface area (Å²) in [5.41, 5.74) is 1.90. The van der Waals surface area contributed by atoms with E-state index in [1.54, 1.807) is 6.08 Å². The van der Waals surface area contributed by atoms with Gasteiger partial charge in [-0.25, -0.2) is 0 Å². The molecule has 0 saturated heterocycles. The number of aliphatic hydroxyl groups is 1. The molecule has 0 atom stereocenters. The number of nitrogens with one attached hydrogen (secondary N) is 1. The third-order valence-electron chi connectivity index (χ3n) is 3.80. The summed E-state index contributed by atoms with van der Waals surface area (Å²) in [6.45, 7) is 4.95. The van der Waals surface area contributed by atoms with Gasteiger partial charge in [-0.15, -0.1) is 0 Å². The van der Waals surface area contributed by atoms with Crippen molar-refractivity contribution in [2.24, 2.45) is 0 Å². The number of carbonyl (C=O) groups is 1. The van der Waals surface area contributed by atoms with Gasteiger partial charge in [-0.1, -0.05) is 81.2 Å². The van der Waals surface area contributed by atoms with Crippen LogP contribution in [0.2, 0.25) is 0 Å². The third kappa shape index (κ3) is 11.1. The average molecular weight is 354 g/mol. The van der Waals surface area contributed by atoms with E-state index in [2.05, 4.69) is 12.2 Å². The lowest BCUT2D eigenvalue weighted by Crippen LogP contribution is -2.13. The molecular weight excluding hydrogens is 322 g/mol. The molecule has 0 spiro atoms. The van der Waals surface area contributed by atoms with Crippen molar-refractivity contribution in [2.45, 2.75) is 46.0 Å². The second-order valence-electron chi connectivity index (χ2n) is 6.27. The minimum absolute atomic E-state index is 0.0590. The Kier molecular flexibility index (Phi) is 11.3. The molecule has 0 aliphatic rings. The molecule has 0 amide bonds. The number of hydrogen-bond donors (Lipinski definition) is 2. The van der Waals surface area contributed by atoms with E-state index in [0.717, 1.165) is 24.2 Å². The molecule has 1 aromatic rings. The zero-order valence-corrected chi connectivity index (χ0v) is 15.9. The van der Waals surface area contributed by atoms with Crippen LogP contribution in [0, 0.1) is 0 Å². The van der Waals surface area contributed by atoms with Crippen LogP contribution in [0.5, 0.6) is 0 Å². The van der Waals surface area contributed by atoms with Crippen LogP contribution in [0.3, 0.4) is 0 Å². The second kappa shape index (κ2) is 13.7. The highest BCUT2D eigenvalue weighted by Gasteiger charge is 1.97. The summed E-state index contributed by atoms with van der Waals surface area (Å²) in [4.78, 5) is 11.9. The SMILES string of the molecule is CCCCCCCN/C(C)=C/C(=O)/C=C(O)/C=C/C=C/c1ccccc1. The van der Waals surface area contributed by atoms with E-state index in [0.29, 0.717) is 0 Å². The number of unbranched alkanes of at least 4 members (excludes halogenated alkanes) is 4. The molecule has 140 valence electrons. The van der Waals surface area contributed by atoms with Crippen molar-refractivity contribution in [2.75, 3.05) is 6.54 Å². The van der Waals surface area contributed by atoms with Gasteiger partial charge in [0.1, 0.15) is 5.76 Å². The highest BCUT2D eigenvalue weighted by Crippen LogP contribution is 2.03. The maximum absolute atomic E-state index is 11.9. The molecule has 0 heterocycles. The zero-order valence-electron chi connectivity index (χ0n) is 15.9. The number of aliphatic hydroxyl groups excluding tert-OH is 1. The van der Waals surface area contributed by atoms with Crippen molar-refractivity contribution in [1.29, 1.82) is 0 Å². The van der Waals surface area contributed by atoms with Gasteiger partial charge in [-0.2, -0.15) is 0 Å². The molecule has 0 unspecified atom stereocenters. The molecule has 26 heavy (non-hydrogen) atoms. The molecule has 0 aliphatic heterocycles. The van der Waals surface area contributed by atoms with Gasteiger partial charge < -0.3 is 10.4 Å². The van der Waals surface area contributed by atoms with Crippen molar-refractivity contribution in [3.05, 3.63) is 77.7 Å². The van der Waals surface area contributed by atoms with Crippen molar-refractivity contribution in [3.8, 4) is 0 Å². The van der Waals surface area contributed by atoms with Crippen LogP contribution in [0.15, 0.2) is 72.2 Å². The molecule has 0 aliphatic carbocycles. The summed E-state index contributed by atoms with van der Waals surface area (Å²) in [6.07, 6.45) is 15.8. The molecule has 1 aromatic carbocycles. The Hall–Kier alpha value is -2.55. The van der Waals surface area contributed by atoms with Gasteiger partial charge in [-0.05, 0) is 25.0 Å². The lowest BCUT2D eigenvalue weighted by molar-refractivity contribution is -0.110. The minimum atomic E-state index is -0.227. The summed E-state index contributed by atoms with van der Waals surface area (Å²) in [6, 6.07) is 9.88. The normalized spacial score (nSPS) is 12.8. The lowest BCUT2D eigenvalue weighted by atomic mass is 10.1. The van der Waals surface area contributed by atoms with Crippen molar-refractivity contribution in [1.82, 2.24) is 5.32 Å². The first-order chi connectivity index (χ1) is 12.6. The quantitative estimate of drug-likeness (QED) is 0.218. The van der Waals surface area contributed by atoms with Crippen LogP contribution in [-0.4, -0.2) is 17.4 Å². The van der Waals surface area contributed by atoms with Crippen LogP contribution < -0.4 is 5.32 Å². The smallest absolute Gasteiger partial charge is 0.184 e. The first-order valence-electron chi connectivity index (χ1n) is 9.38. The summed E-state index contributed by atoms with van der Waals surface area (Å²) in [5, 5.41) is 13.0. The van der Waals surface area contributed by atoms with Crippen LogP contribution in [-0.2, 0) is 4.79 Å². The van der Waals surface area contributed by atoms with E-state index in [4.69, 9.17) is 0 Å². The number of ketones is 1. The van der Waals surface area contributed by atoms with Crippen LogP contribution in [0.25, 0.3) is 6.08 Å². The fourth-order valence-electron chi connectivity index (χ4n) is 2.40. The zero-order chi connectivity index (χ0) is 19.0. The van der Waals surface area contributed by atoms with Crippen LogP contribution in [0.1, 0.15) is 51.5 Å². The summed E-state index contributed by atoms with van der Waals surface area (Å²) in [7, 11) is 0. The summed E-state index contributed by atoms with van der Waals surface area (Å²) < 4.78 is 0. The molecule has 0 saturated carbocycles. The Balaban J connectivity index is 2.36. The number of benzene rings is 1. The lowest BCUT2D eigenvalue weighted by Gasteiger charge is -2.05. The fraction of sp³-hybridized carbons (Fsp3) is 0.348. The average Bonchev–Trinajstić information content (AvgIpc) is 2.62. The van der Waals surface area contributed by atoms with Gasteiger partial charge >= 0.3 is 0 Å². The topological polar surface area (TPSA) is 49.3 Å². The molecular formula is C23H31NO2. The van der Waals surface area contributed by atoms with Gasteiger partial charge in [0.05, 0.1) is 0 Å². The van der Waals surface area contributed by atoms with E-state index in [-0.39, 0.29) is 11.5 Å². The molecule has 0 radical (unpaired) electrons. The summed E-state index contributed by atoms with van der Waals surface area (Å²) >= 11 is 0. The van der Waals surface area contributed by atoms with Crippen molar-refractivity contribution >= 4 is 11.9 Å². The van der Waals surface area contributed by atoms with E-state index >= 15 is 0 Å². The predicted molar refractivity (Wildman–Crippen MR) is 111 cm³/mol. The third-order valence-corrected chi connectivity index (χ3v) is 3.80. The first-order valence-corrected chi connectivity index (χ1v) is 9.38. The van der Waals surface area contributed by atoms with E-state index < -0.39 is 0 Å². The number of carbonyl (C=O) groups excluding carboxylic acids is 1. The van der Waals surface area contributed by atoms with Gasteiger partial charge in [-0.3, -0.25) is 4.79 Å². The van der Waals surface area contributed by atoms with Gasteiger partial charge in [0.25, 0.3) is 0 Å². The van der Waals surface area contributed by atoms with Gasteiger partial charge in [0.15, 0.2) is 5.78 Å². The molecule has 2 N–H and O–H groups in total. The van der Waals surface area contributed by atoms with Gasteiger partial charge in [0.2, 0.25) is 0 Å². The second-order valence-corrected chi connectivity index (χ2v) is 6.27. The Morgan fingerprint density at radius 3 is 2.50 bits per heavy atom. The van der Waals surface area contributed by atoms with Crippen molar-refractivity contribution < 1.29 is 9.90 Å². The largest absolute Gasteiger partial charge is 0.508 e. The van der Waals surface area contributed by atoms with E-state index in [1.807, 2.05) is 49.4 Å². The van der Waals surface area contributed by atoms with Crippen LogP contribution in [0.4, 0.5) is 0 Å². The maximum Gasteiger partial charge on any atom is 0.184 e. The monoisotopic (exact) mass is 353 g/mol. The minimum Gasteiger partial charge on any atom is -0.508 e. The fourth-order valence-corrected chi connectivity index (χ4v) is 2.40. The Labute approximate surface area is 157 Å². The van der Waals surface area contributed by atoms with E-state index in [1.165, 1.54) is 43.9 Å². The van der Waals surface area contributed by atoms with E-state index in [9.17, 15) is 9.90 Å². The highest BCUT2D eigenvalue weighted by atomic mass is 16.3. The predicted octanol–water partition coefficient (Wildman–Crippen LogP) is 5.73. The number of rotatable bonds is 12. The highest BCUT2D eigenvalue weighted by molar-refractivity contribution is 6.00. The first kappa shape index (κ1) is 21.5. The Bertz CT molecular complexity index is 639. The standard InChI is InChI=1S/C23H31NO2/c1-3-4-5-6-12-17-24-20(2)18-23(26)19-22(25)16-11-10-15-21-13-8-7-9-14-21/h7-11,13-16,18-19,24-25H,3-6,12,17H2,1-2H3/b15-10+,16-11+,20-18+,22-19-. The Morgan fingerprint density at radius 1 is 1.04 bits per heavy atom. The molecule has 3 heteroatoms. The molecule has 0 fully saturated rings.